The van der Waals surface area contributed by atoms with Crippen LogP contribution >= 0.6 is 0 Å². The van der Waals surface area contributed by atoms with Gasteiger partial charge in [0.2, 0.25) is 15.9 Å². The lowest BCUT2D eigenvalue weighted by Crippen LogP contribution is -2.41. The number of rotatable bonds is 6. The van der Waals surface area contributed by atoms with Crippen molar-refractivity contribution < 1.29 is 17.9 Å². The number of carbonyl (C=O) groups excluding carboxylic acids is 1. The van der Waals surface area contributed by atoms with Crippen LogP contribution in [0.2, 0.25) is 0 Å². The van der Waals surface area contributed by atoms with Crippen LogP contribution < -0.4 is 5.32 Å². The Morgan fingerprint density at radius 1 is 1.24 bits per heavy atom. The van der Waals surface area contributed by atoms with E-state index in [1.165, 1.54) is 10.4 Å². The highest BCUT2D eigenvalue weighted by atomic mass is 32.2. The first kappa shape index (κ1) is 19.6. The van der Waals surface area contributed by atoms with Crippen LogP contribution in [-0.4, -0.2) is 50.5 Å². The maximum atomic E-state index is 12.5. The Hall–Kier alpha value is -1.70. The van der Waals surface area contributed by atoms with Crippen molar-refractivity contribution in [3.8, 4) is 0 Å². The molecule has 138 valence electrons. The first-order valence-corrected chi connectivity index (χ1v) is 9.87. The Kier molecular flexibility index (Phi) is 6.37. The van der Waals surface area contributed by atoms with Gasteiger partial charge in [0.25, 0.3) is 0 Å². The second-order valence-corrected chi connectivity index (χ2v) is 8.58. The van der Waals surface area contributed by atoms with Crippen molar-refractivity contribution in [2.45, 2.75) is 37.6 Å². The van der Waals surface area contributed by atoms with E-state index >= 15 is 0 Å². The van der Waals surface area contributed by atoms with Gasteiger partial charge in [-0.3, -0.25) is 4.79 Å². The molecule has 0 bridgehead atoms. The third-order valence-corrected chi connectivity index (χ3v) is 6.17. The lowest BCUT2D eigenvalue weighted by molar-refractivity contribution is -0.118. The average Bonchev–Trinajstić information content (AvgIpc) is 2.61. The standard InChI is InChI=1S/C18H26N2O4S/c1-4-18(2,3)19-17(21)10-7-15-5-8-16(9-6-15)25(22,23)20-11-13-24-14-12-20/h5-10H,4,11-14H2,1-3H3,(H,19,21)/b10-7+. The molecule has 1 aromatic carbocycles. The summed E-state index contributed by atoms with van der Waals surface area (Å²) in [4.78, 5) is 12.2. The van der Waals surface area contributed by atoms with Crippen molar-refractivity contribution in [3.05, 3.63) is 35.9 Å². The number of morpholine rings is 1. The maximum Gasteiger partial charge on any atom is 0.244 e. The largest absolute Gasteiger partial charge is 0.379 e. The third-order valence-electron chi connectivity index (χ3n) is 4.26. The lowest BCUT2D eigenvalue weighted by Gasteiger charge is -2.26. The second-order valence-electron chi connectivity index (χ2n) is 6.65. The number of hydrogen-bond donors (Lipinski definition) is 1. The van der Waals surface area contributed by atoms with Gasteiger partial charge in [0, 0.05) is 24.7 Å². The molecule has 0 radical (unpaired) electrons. The van der Waals surface area contributed by atoms with E-state index < -0.39 is 10.0 Å². The van der Waals surface area contributed by atoms with Crippen LogP contribution in [0.1, 0.15) is 32.8 Å². The van der Waals surface area contributed by atoms with Gasteiger partial charge in [0.1, 0.15) is 0 Å². The minimum absolute atomic E-state index is 0.170. The first-order valence-electron chi connectivity index (χ1n) is 8.43. The fourth-order valence-electron chi connectivity index (χ4n) is 2.32. The van der Waals surface area contributed by atoms with Gasteiger partial charge in [0.15, 0.2) is 0 Å². The van der Waals surface area contributed by atoms with E-state index in [9.17, 15) is 13.2 Å². The minimum atomic E-state index is -3.49. The molecule has 1 heterocycles. The molecular weight excluding hydrogens is 340 g/mol. The quantitative estimate of drug-likeness (QED) is 0.782. The molecule has 0 aliphatic carbocycles. The summed E-state index contributed by atoms with van der Waals surface area (Å²) in [6.07, 6.45) is 3.97. The Labute approximate surface area is 149 Å². The van der Waals surface area contributed by atoms with Gasteiger partial charge in [-0.2, -0.15) is 4.31 Å². The van der Waals surface area contributed by atoms with Gasteiger partial charge in [-0.05, 0) is 44.0 Å². The van der Waals surface area contributed by atoms with Gasteiger partial charge in [-0.15, -0.1) is 0 Å². The summed E-state index contributed by atoms with van der Waals surface area (Å²) in [5, 5.41) is 2.91. The normalized spacial score (nSPS) is 16.9. The predicted octanol–water partition coefficient (Wildman–Crippen LogP) is 2.03. The van der Waals surface area contributed by atoms with Crippen LogP contribution in [-0.2, 0) is 19.6 Å². The molecule has 1 N–H and O–H groups in total. The molecule has 1 amide bonds. The zero-order valence-electron chi connectivity index (χ0n) is 15.0. The van der Waals surface area contributed by atoms with Crippen molar-refractivity contribution in [1.29, 1.82) is 0 Å². The predicted molar refractivity (Wildman–Crippen MR) is 97.6 cm³/mol. The number of carbonyl (C=O) groups is 1. The van der Waals surface area contributed by atoms with Crippen molar-refractivity contribution >= 4 is 22.0 Å². The summed E-state index contributed by atoms with van der Waals surface area (Å²) >= 11 is 0. The molecule has 0 atom stereocenters. The van der Waals surface area contributed by atoms with Crippen molar-refractivity contribution in [2.24, 2.45) is 0 Å². The number of amides is 1. The van der Waals surface area contributed by atoms with Crippen LogP contribution in [0.15, 0.2) is 35.2 Å². The molecule has 1 aliphatic rings. The summed E-state index contributed by atoms with van der Waals surface area (Å²) in [5.41, 5.74) is 0.516. The zero-order valence-corrected chi connectivity index (χ0v) is 15.8. The van der Waals surface area contributed by atoms with Crippen molar-refractivity contribution in [1.82, 2.24) is 9.62 Å². The zero-order chi connectivity index (χ0) is 18.5. The van der Waals surface area contributed by atoms with E-state index in [0.29, 0.717) is 26.3 Å². The van der Waals surface area contributed by atoms with E-state index in [2.05, 4.69) is 5.32 Å². The summed E-state index contributed by atoms with van der Waals surface area (Å²) in [6.45, 7) is 7.52. The van der Waals surface area contributed by atoms with Gasteiger partial charge in [0.05, 0.1) is 18.1 Å². The van der Waals surface area contributed by atoms with Gasteiger partial charge >= 0.3 is 0 Å². The molecule has 0 spiro atoms. The molecule has 0 unspecified atom stereocenters. The molecular formula is C18H26N2O4S. The van der Waals surface area contributed by atoms with E-state index in [-0.39, 0.29) is 16.3 Å². The molecule has 6 nitrogen and oxygen atoms in total. The SMILES string of the molecule is CCC(C)(C)NC(=O)/C=C/c1ccc(S(=O)(=O)N2CCOCC2)cc1. The smallest absolute Gasteiger partial charge is 0.244 e. The molecule has 1 saturated heterocycles. The Balaban J connectivity index is 2.04. The maximum absolute atomic E-state index is 12.5. The number of nitrogens with zero attached hydrogens (tertiary/aromatic N) is 1. The Morgan fingerprint density at radius 2 is 1.84 bits per heavy atom. The molecule has 7 heteroatoms. The Bertz CT molecular complexity index is 718. The highest BCUT2D eigenvalue weighted by molar-refractivity contribution is 7.89. The molecule has 25 heavy (non-hydrogen) atoms. The fraction of sp³-hybridized carbons (Fsp3) is 0.500. The van der Waals surface area contributed by atoms with Gasteiger partial charge in [-0.25, -0.2) is 8.42 Å². The number of hydrogen-bond acceptors (Lipinski definition) is 4. The van der Waals surface area contributed by atoms with Crippen LogP contribution in [0.5, 0.6) is 0 Å². The molecule has 2 rings (SSSR count). The lowest BCUT2D eigenvalue weighted by atomic mass is 10.0. The molecule has 1 fully saturated rings. The minimum Gasteiger partial charge on any atom is -0.379 e. The second kappa shape index (κ2) is 8.12. The summed E-state index contributed by atoms with van der Waals surface area (Å²) < 4.78 is 31.7. The summed E-state index contributed by atoms with van der Waals surface area (Å²) in [5.74, 6) is -0.170. The van der Waals surface area contributed by atoms with E-state index in [1.807, 2.05) is 20.8 Å². The van der Waals surface area contributed by atoms with Crippen LogP contribution in [0.25, 0.3) is 6.08 Å². The van der Waals surface area contributed by atoms with Gasteiger partial charge in [-0.1, -0.05) is 19.1 Å². The highest BCUT2D eigenvalue weighted by Crippen LogP contribution is 2.18. The summed E-state index contributed by atoms with van der Waals surface area (Å²) in [7, 11) is -3.49. The number of sulfonamides is 1. The van der Waals surface area contributed by atoms with Gasteiger partial charge < -0.3 is 10.1 Å². The summed E-state index contributed by atoms with van der Waals surface area (Å²) in [6, 6.07) is 6.53. The number of benzene rings is 1. The molecule has 1 aromatic rings. The average molecular weight is 366 g/mol. The number of ether oxygens (including phenoxy) is 1. The molecule has 0 saturated carbocycles. The number of nitrogens with one attached hydrogen (secondary N) is 1. The van der Waals surface area contributed by atoms with Crippen LogP contribution in [0.4, 0.5) is 0 Å². The topological polar surface area (TPSA) is 75.7 Å². The third kappa shape index (κ3) is 5.39. The molecule has 0 aromatic heterocycles. The van der Waals surface area contributed by atoms with Crippen LogP contribution in [0, 0.1) is 0 Å². The van der Waals surface area contributed by atoms with Crippen LogP contribution in [0.3, 0.4) is 0 Å². The van der Waals surface area contributed by atoms with Crippen molar-refractivity contribution in [2.75, 3.05) is 26.3 Å². The monoisotopic (exact) mass is 366 g/mol. The Morgan fingerprint density at radius 3 is 2.40 bits per heavy atom. The van der Waals surface area contributed by atoms with E-state index in [1.54, 1.807) is 30.3 Å². The van der Waals surface area contributed by atoms with E-state index in [4.69, 9.17) is 4.74 Å². The molecule has 1 aliphatic heterocycles. The van der Waals surface area contributed by atoms with E-state index in [0.717, 1.165) is 12.0 Å². The van der Waals surface area contributed by atoms with Crippen molar-refractivity contribution in [3.63, 3.8) is 0 Å². The highest BCUT2D eigenvalue weighted by Gasteiger charge is 2.25. The fourth-order valence-corrected chi connectivity index (χ4v) is 3.73. The first-order chi connectivity index (χ1) is 11.7.